The SMILES string of the molecule is CC(=O)c1ccc(NCC2(O)CCC2)cc1N. The second-order valence-electron chi connectivity index (χ2n) is 4.79. The van der Waals surface area contributed by atoms with E-state index in [0.29, 0.717) is 17.8 Å². The van der Waals surface area contributed by atoms with Crippen molar-refractivity contribution in [2.75, 3.05) is 17.6 Å². The minimum atomic E-state index is -0.561. The third-order valence-corrected chi connectivity index (χ3v) is 3.34. The summed E-state index contributed by atoms with van der Waals surface area (Å²) in [5.41, 5.74) is 7.08. The van der Waals surface area contributed by atoms with Crippen molar-refractivity contribution in [2.24, 2.45) is 0 Å². The predicted molar refractivity (Wildman–Crippen MR) is 68.1 cm³/mol. The highest BCUT2D eigenvalue weighted by molar-refractivity contribution is 5.99. The third-order valence-electron chi connectivity index (χ3n) is 3.34. The van der Waals surface area contributed by atoms with Gasteiger partial charge in [-0.15, -0.1) is 0 Å². The zero-order valence-corrected chi connectivity index (χ0v) is 9.99. The van der Waals surface area contributed by atoms with Gasteiger partial charge >= 0.3 is 0 Å². The minimum absolute atomic E-state index is 0.0355. The smallest absolute Gasteiger partial charge is 0.161 e. The Hall–Kier alpha value is -1.55. The van der Waals surface area contributed by atoms with E-state index >= 15 is 0 Å². The zero-order valence-electron chi connectivity index (χ0n) is 9.99. The van der Waals surface area contributed by atoms with Crippen molar-refractivity contribution in [3.63, 3.8) is 0 Å². The number of anilines is 2. The van der Waals surface area contributed by atoms with Crippen molar-refractivity contribution in [3.8, 4) is 0 Å². The molecule has 1 aliphatic carbocycles. The van der Waals surface area contributed by atoms with Crippen molar-refractivity contribution in [3.05, 3.63) is 23.8 Å². The topological polar surface area (TPSA) is 75.3 Å². The summed E-state index contributed by atoms with van der Waals surface area (Å²) in [5.74, 6) is -0.0355. The van der Waals surface area contributed by atoms with E-state index in [4.69, 9.17) is 5.73 Å². The third kappa shape index (κ3) is 2.58. The van der Waals surface area contributed by atoms with Crippen LogP contribution in [0.5, 0.6) is 0 Å². The lowest BCUT2D eigenvalue weighted by atomic mass is 9.80. The number of carbonyl (C=O) groups excluding carboxylic acids is 1. The molecule has 0 spiro atoms. The van der Waals surface area contributed by atoms with Gasteiger partial charge in [0.2, 0.25) is 0 Å². The molecule has 1 fully saturated rings. The molecule has 0 aliphatic heterocycles. The molecule has 2 rings (SSSR count). The Morgan fingerprint density at radius 3 is 2.71 bits per heavy atom. The van der Waals surface area contributed by atoms with E-state index in [1.54, 1.807) is 12.1 Å². The first kappa shape index (κ1) is 11.9. The lowest BCUT2D eigenvalue weighted by Crippen LogP contribution is -2.43. The maximum absolute atomic E-state index is 11.2. The summed E-state index contributed by atoms with van der Waals surface area (Å²) in [4.78, 5) is 11.2. The molecule has 0 unspecified atom stereocenters. The van der Waals surface area contributed by atoms with E-state index in [1.165, 1.54) is 6.92 Å². The molecule has 1 aromatic rings. The summed E-state index contributed by atoms with van der Waals surface area (Å²) in [6.45, 7) is 2.03. The molecule has 0 saturated heterocycles. The molecule has 0 radical (unpaired) electrons. The number of carbonyl (C=O) groups is 1. The van der Waals surface area contributed by atoms with Crippen LogP contribution in [0.2, 0.25) is 0 Å². The molecule has 1 aromatic carbocycles. The fourth-order valence-electron chi connectivity index (χ4n) is 2.02. The van der Waals surface area contributed by atoms with Gasteiger partial charge in [-0.05, 0) is 44.4 Å². The van der Waals surface area contributed by atoms with Crippen molar-refractivity contribution < 1.29 is 9.90 Å². The van der Waals surface area contributed by atoms with Gasteiger partial charge in [0.25, 0.3) is 0 Å². The molecule has 0 bridgehead atoms. The molecule has 0 amide bonds. The molecular weight excluding hydrogens is 216 g/mol. The van der Waals surface area contributed by atoms with Crippen LogP contribution in [0.3, 0.4) is 0 Å². The number of hydrogen-bond acceptors (Lipinski definition) is 4. The number of hydrogen-bond donors (Lipinski definition) is 3. The van der Waals surface area contributed by atoms with Gasteiger partial charge in [-0.3, -0.25) is 4.79 Å². The molecule has 0 aromatic heterocycles. The zero-order chi connectivity index (χ0) is 12.5. The van der Waals surface area contributed by atoms with Crippen molar-refractivity contribution in [1.82, 2.24) is 0 Å². The van der Waals surface area contributed by atoms with Gasteiger partial charge in [-0.25, -0.2) is 0 Å². The van der Waals surface area contributed by atoms with E-state index in [2.05, 4.69) is 5.32 Å². The monoisotopic (exact) mass is 234 g/mol. The van der Waals surface area contributed by atoms with Crippen LogP contribution in [-0.4, -0.2) is 23.0 Å². The summed E-state index contributed by atoms with van der Waals surface area (Å²) >= 11 is 0. The summed E-state index contributed by atoms with van der Waals surface area (Å²) in [5, 5.41) is 13.1. The van der Waals surface area contributed by atoms with E-state index in [9.17, 15) is 9.90 Å². The Bertz CT molecular complexity index is 439. The van der Waals surface area contributed by atoms with Crippen LogP contribution >= 0.6 is 0 Å². The molecule has 1 saturated carbocycles. The fourth-order valence-corrected chi connectivity index (χ4v) is 2.02. The summed E-state index contributed by atoms with van der Waals surface area (Å²) in [7, 11) is 0. The highest BCUT2D eigenvalue weighted by atomic mass is 16.3. The largest absolute Gasteiger partial charge is 0.398 e. The predicted octanol–water partition coefficient (Wildman–Crippen LogP) is 1.80. The minimum Gasteiger partial charge on any atom is -0.398 e. The number of ketones is 1. The number of nitrogen functional groups attached to an aromatic ring is 1. The highest BCUT2D eigenvalue weighted by Gasteiger charge is 2.33. The maximum atomic E-state index is 11.2. The number of rotatable bonds is 4. The molecule has 0 atom stereocenters. The molecule has 4 N–H and O–H groups in total. The average Bonchev–Trinajstić information content (AvgIpc) is 2.23. The maximum Gasteiger partial charge on any atom is 0.161 e. The summed E-state index contributed by atoms with van der Waals surface area (Å²) in [6.07, 6.45) is 2.78. The van der Waals surface area contributed by atoms with E-state index in [1.807, 2.05) is 6.07 Å². The van der Waals surface area contributed by atoms with Gasteiger partial charge in [-0.2, -0.15) is 0 Å². The van der Waals surface area contributed by atoms with Crippen molar-refractivity contribution in [1.29, 1.82) is 0 Å². The van der Waals surface area contributed by atoms with E-state index < -0.39 is 5.60 Å². The number of benzene rings is 1. The van der Waals surface area contributed by atoms with Crippen LogP contribution in [0.25, 0.3) is 0 Å². The highest BCUT2D eigenvalue weighted by Crippen LogP contribution is 2.31. The van der Waals surface area contributed by atoms with Gasteiger partial charge in [0.15, 0.2) is 5.78 Å². The first-order valence-corrected chi connectivity index (χ1v) is 5.87. The number of nitrogens with two attached hydrogens (primary N) is 1. The van der Waals surface area contributed by atoms with Crippen LogP contribution in [-0.2, 0) is 0 Å². The van der Waals surface area contributed by atoms with Gasteiger partial charge in [0, 0.05) is 23.5 Å². The molecule has 17 heavy (non-hydrogen) atoms. The molecule has 1 aliphatic rings. The Labute approximate surface area is 101 Å². The van der Waals surface area contributed by atoms with Crippen LogP contribution in [0.15, 0.2) is 18.2 Å². The molecule has 4 nitrogen and oxygen atoms in total. The van der Waals surface area contributed by atoms with Gasteiger partial charge < -0.3 is 16.2 Å². The fraction of sp³-hybridized carbons (Fsp3) is 0.462. The first-order valence-electron chi connectivity index (χ1n) is 5.87. The second-order valence-corrected chi connectivity index (χ2v) is 4.79. The molecule has 0 heterocycles. The second kappa shape index (κ2) is 4.37. The lowest BCUT2D eigenvalue weighted by molar-refractivity contribution is -0.0202. The van der Waals surface area contributed by atoms with E-state index in [-0.39, 0.29) is 5.78 Å². The van der Waals surface area contributed by atoms with Crippen LogP contribution in [0.1, 0.15) is 36.5 Å². The standard InChI is InChI=1S/C13H18N2O2/c1-9(16)11-4-3-10(7-12(11)14)15-8-13(17)5-2-6-13/h3-4,7,15,17H,2,5-6,8,14H2,1H3. The number of nitrogens with one attached hydrogen (secondary N) is 1. The summed E-state index contributed by atoms with van der Waals surface area (Å²) in [6, 6.07) is 5.26. The number of Topliss-reactive ketones (excluding diaryl/α,β-unsaturated/α-hetero) is 1. The van der Waals surface area contributed by atoms with Crippen LogP contribution in [0, 0.1) is 0 Å². The van der Waals surface area contributed by atoms with Gasteiger partial charge in [0.1, 0.15) is 0 Å². The first-order chi connectivity index (χ1) is 8.00. The quantitative estimate of drug-likeness (QED) is 0.548. The Balaban J connectivity index is 2.02. The lowest BCUT2D eigenvalue weighted by Gasteiger charge is -2.36. The molecular formula is C13H18N2O2. The summed E-state index contributed by atoms with van der Waals surface area (Å²) < 4.78 is 0. The number of aliphatic hydroxyl groups is 1. The van der Waals surface area contributed by atoms with Crippen molar-refractivity contribution in [2.45, 2.75) is 31.8 Å². The van der Waals surface area contributed by atoms with Crippen molar-refractivity contribution >= 4 is 17.2 Å². The van der Waals surface area contributed by atoms with Gasteiger partial charge in [0.05, 0.1) is 5.60 Å². The average molecular weight is 234 g/mol. The Kier molecular flexibility index (Phi) is 3.07. The molecule has 4 heteroatoms. The molecule has 92 valence electrons. The normalized spacial score (nSPS) is 17.3. The van der Waals surface area contributed by atoms with E-state index in [0.717, 1.165) is 24.9 Å². The van der Waals surface area contributed by atoms with Crippen LogP contribution in [0.4, 0.5) is 11.4 Å². The van der Waals surface area contributed by atoms with Gasteiger partial charge in [-0.1, -0.05) is 0 Å². The Morgan fingerprint density at radius 2 is 2.24 bits per heavy atom. The Morgan fingerprint density at radius 1 is 1.53 bits per heavy atom. The van der Waals surface area contributed by atoms with Crippen LogP contribution < -0.4 is 11.1 Å².